The predicted molar refractivity (Wildman–Crippen MR) is 534 cm³/mol. The molecule has 9 aromatic carbocycles. The van der Waals surface area contributed by atoms with Crippen molar-refractivity contribution in [3.05, 3.63) is 292 Å². The van der Waals surface area contributed by atoms with Crippen LogP contribution in [0.25, 0.3) is 111 Å². The summed E-state index contributed by atoms with van der Waals surface area (Å²) in [6, 6.07) is 53.8. The Morgan fingerprint density at radius 1 is 0.590 bits per heavy atom. The van der Waals surface area contributed by atoms with E-state index in [4.69, 9.17) is 20.9 Å². The summed E-state index contributed by atoms with van der Waals surface area (Å²) >= 11 is 0. The largest absolute Gasteiger partial charge is 0.496 e. The third-order valence-electron chi connectivity index (χ3n) is 24.6. The van der Waals surface area contributed by atoms with Crippen molar-refractivity contribution < 1.29 is 50.2 Å². The van der Waals surface area contributed by atoms with E-state index in [1.165, 1.54) is 61.5 Å². The number of rotatable bonds is 20. The van der Waals surface area contributed by atoms with E-state index >= 15 is 0 Å². The number of ketones is 1. The van der Waals surface area contributed by atoms with Crippen molar-refractivity contribution in [1.82, 2.24) is 94.8 Å². The standard InChI is InChI=1S/C24H21FN2O2.C22H21FN4O3S.C20H22FN7O.2C20H22N4O/c1-26-20-10-9-16(25)13-18(20)21-19(24(29)27-11-5-6-12-27)14-17(23(28)22(21)26)15-7-3-2-4-8-15;1-4-27-13-24-21-18(12-25-26-22(21)27)14-6-9-19(23)17(10-14)16-8-7-15(11-20(16)30-3)31(28,29)5-2;1-12-6-7-13(21)8-14(12)18-25-24-16-9-15(20(2,3)4)19(26-28(16)18)29-10-17-22-11-23-27(17)5;1-4-11-22-20(25)19-17(21)15-10-6-9-14(18(15)23-24-19)16-12(2)7-5-8-13(16)3;1-4-10-22-20(25)19-17(21)15-7-5-6-14(18(15)23-24-19)16-11-12(2)8-9-13(16)3/h2-4,7-10,13-14,17H,5-6,11-12H2,1H3;6-13H,4-5H2,1-3H3;6-9,11H,10H2,1-5H3;5-10H,4,11H2,1-3H3,(H2,21,23)(H,22,25);5-9,11H,4,10H2,1-3H3,(H2,21,23)(H,22,25). The lowest BCUT2D eigenvalue weighted by molar-refractivity contribution is -0.124. The number of aryl methyl sites for hydroxylation is 8. The van der Waals surface area contributed by atoms with Gasteiger partial charge in [-0.05, 0) is 184 Å². The summed E-state index contributed by atoms with van der Waals surface area (Å²) in [5, 5.41) is 50.1. The molecule has 2 aliphatic rings. The lowest BCUT2D eigenvalue weighted by Gasteiger charge is -2.25. The average molecular weight is 1890 g/mol. The molecule has 9 heterocycles. The number of ether oxygens (including phenoxy) is 2. The van der Waals surface area contributed by atoms with Gasteiger partial charge in [-0.2, -0.15) is 14.7 Å². The second kappa shape index (κ2) is 41.8. The zero-order valence-corrected chi connectivity index (χ0v) is 80.9. The van der Waals surface area contributed by atoms with Crippen LogP contribution in [-0.4, -0.2) is 155 Å². The van der Waals surface area contributed by atoms with Crippen LogP contribution < -0.4 is 31.6 Å². The number of allylic oxidation sites excluding steroid dienone is 1. The molecule has 3 amide bonds. The number of aromatic nitrogens is 16. The number of fused-ring (bicyclic) bond motifs is 7. The van der Waals surface area contributed by atoms with E-state index in [1.54, 1.807) is 76.7 Å². The molecule has 8 aromatic heterocycles. The van der Waals surface area contributed by atoms with Crippen molar-refractivity contribution in [1.29, 1.82) is 0 Å². The Bertz CT molecular complexity index is 7710. The van der Waals surface area contributed by atoms with Crippen LogP contribution in [0.3, 0.4) is 0 Å². The first-order valence-electron chi connectivity index (χ1n) is 45.8. The van der Waals surface area contributed by atoms with E-state index < -0.39 is 21.6 Å². The average Bonchev–Trinajstić information content (AvgIpc) is 1.55. The summed E-state index contributed by atoms with van der Waals surface area (Å²) in [5.74, 6) is -0.587. The SMILES string of the molecule is CCCNC(=O)c1nnc2c(-c3c(C)cccc3C)cccc2c1N.CCCNC(=O)c1nnc2c(-c3cc(C)ccc3C)cccc2c1N.CCn1cnc2c(-c3ccc(F)c(-c4ccc(S(=O)(=O)CC)cc4OC)c3)cnnc21.Cc1ccc(F)cc1-c1nnc2cc(C(C)(C)C)c(OCc3ncnn3C)nn12.Cn1c2c(c3cc(F)ccc31)C(C(=O)N1CCCC1)=CC(c1ccccc1)C2=O. The van der Waals surface area contributed by atoms with Gasteiger partial charge in [-0.15, -0.1) is 40.8 Å². The second-order valence-electron chi connectivity index (χ2n) is 35.1. The van der Waals surface area contributed by atoms with Crippen LogP contribution in [0.1, 0.15) is 162 Å². The van der Waals surface area contributed by atoms with Crippen molar-refractivity contribution in [2.24, 2.45) is 14.1 Å². The lowest BCUT2D eigenvalue weighted by Crippen LogP contribution is -2.31. The summed E-state index contributed by atoms with van der Waals surface area (Å²) in [7, 11) is 1.62. The number of nitrogens with one attached hydrogen (secondary N) is 2. The van der Waals surface area contributed by atoms with Crippen LogP contribution in [0.5, 0.6) is 11.6 Å². The number of anilines is 2. The van der Waals surface area contributed by atoms with E-state index in [-0.39, 0.29) is 80.5 Å². The fourth-order valence-corrected chi connectivity index (χ4v) is 18.0. The summed E-state index contributed by atoms with van der Waals surface area (Å²) in [6.45, 7) is 27.4. The number of nitrogen functional groups attached to an aromatic ring is 2. The van der Waals surface area contributed by atoms with E-state index in [2.05, 4.69) is 150 Å². The quantitative estimate of drug-likeness (QED) is 0.0550. The Morgan fingerprint density at radius 3 is 1.87 bits per heavy atom. The minimum absolute atomic E-state index is 0.0329. The van der Waals surface area contributed by atoms with Gasteiger partial charge >= 0.3 is 0 Å². The van der Waals surface area contributed by atoms with E-state index in [9.17, 15) is 40.8 Å². The number of nitrogens with two attached hydrogens (primary N) is 2. The molecule has 1 aliphatic carbocycles. The van der Waals surface area contributed by atoms with Crippen molar-refractivity contribution in [2.45, 2.75) is 138 Å². The Kier molecular flexibility index (Phi) is 29.4. The van der Waals surface area contributed by atoms with Gasteiger partial charge in [0.2, 0.25) is 5.88 Å². The number of halogens is 3. The number of likely N-dealkylation sites (tertiary alicyclic amines) is 1. The number of sulfone groups is 1. The lowest BCUT2D eigenvalue weighted by atomic mass is 9.82. The first-order valence-corrected chi connectivity index (χ1v) is 47.5. The molecule has 1 saturated heterocycles. The van der Waals surface area contributed by atoms with Crippen LogP contribution in [0.15, 0.2) is 212 Å². The third-order valence-corrected chi connectivity index (χ3v) is 26.4. The number of Topliss-reactive ketones (excluding diaryl/α,β-unsaturated/α-hetero) is 1. The Balaban J connectivity index is 0.000000132. The van der Waals surface area contributed by atoms with Gasteiger partial charge in [0.05, 0.1) is 53.3 Å². The summed E-state index contributed by atoms with van der Waals surface area (Å²) in [4.78, 5) is 62.0. The number of hydrogen-bond acceptors (Lipinski definition) is 22. The molecule has 1 atom stereocenters. The van der Waals surface area contributed by atoms with Crippen LogP contribution in [0.4, 0.5) is 24.5 Å². The third kappa shape index (κ3) is 20.4. The van der Waals surface area contributed by atoms with Gasteiger partial charge < -0.3 is 45.6 Å². The molecule has 0 radical (unpaired) electrons. The van der Waals surface area contributed by atoms with E-state index in [0.717, 1.165) is 103 Å². The normalized spacial score (nSPS) is 12.9. The molecule has 0 spiro atoms. The van der Waals surface area contributed by atoms with Gasteiger partial charge in [0.15, 0.2) is 50.0 Å². The van der Waals surface area contributed by atoms with E-state index in [0.29, 0.717) is 128 Å². The number of carbonyl (C=O) groups is 4. The highest BCUT2D eigenvalue weighted by atomic mass is 32.2. The molecule has 1 aliphatic heterocycles. The molecule has 29 nitrogen and oxygen atoms in total. The highest BCUT2D eigenvalue weighted by Crippen LogP contribution is 2.44. The minimum atomic E-state index is -3.42. The molecule has 0 bridgehead atoms. The maximum atomic E-state index is 14.8. The monoisotopic (exact) mass is 1890 g/mol. The van der Waals surface area contributed by atoms with Crippen molar-refractivity contribution in [3.8, 4) is 67.5 Å². The second-order valence-corrected chi connectivity index (χ2v) is 37.4. The molecule has 6 N–H and O–H groups in total. The minimum Gasteiger partial charge on any atom is -0.496 e. The van der Waals surface area contributed by atoms with E-state index in [1.807, 2.05) is 123 Å². The van der Waals surface area contributed by atoms with Crippen molar-refractivity contribution in [3.63, 3.8) is 0 Å². The van der Waals surface area contributed by atoms with Crippen LogP contribution >= 0.6 is 0 Å². The van der Waals surface area contributed by atoms with Crippen molar-refractivity contribution >= 4 is 99.8 Å². The smallest absolute Gasteiger partial charge is 0.273 e. The van der Waals surface area contributed by atoms with Crippen LogP contribution in [-0.2, 0) is 47.3 Å². The maximum absolute atomic E-state index is 14.8. The summed E-state index contributed by atoms with van der Waals surface area (Å²) in [6.07, 6.45) is 10.2. The number of benzene rings is 9. The highest BCUT2D eigenvalue weighted by Gasteiger charge is 2.39. The number of nitrogens with zero attached hydrogens (tertiary/aromatic N) is 17. The van der Waals surface area contributed by atoms with Gasteiger partial charge in [-0.1, -0.05) is 168 Å². The van der Waals surface area contributed by atoms with Crippen LogP contribution in [0, 0.1) is 52.1 Å². The first kappa shape index (κ1) is 97.7. The number of methoxy groups -OCH3 is 1. The Hall–Kier alpha value is -15.8. The molecule has 1 unspecified atom stereocenters. The maximum Gasteiger partial charge on any atom is 0.273 e. The molecule has 1 fully saturated rings. The van der Waals surface area contributed by atoms with Gasteiger partial charge in [0, 0.05) is 119 Å². The zero-order valence-electron chi connectivity index (χ0n) is 80.1. The Morgan fingerprint density at radius 2 is 1.23 bits per heavy atom. The molecular formula is C106H108F3N21O8S. The molecule has 33 heteroatoms. The Labute approximate surface area is 802 Å². The topological polar surface area (TPSA) is 374 Å². The van der Waals surface area contributed by atoms with Gasteiger partial charge in [0.1, 0.15) is 52.7 Å². The number of hydrogen-bond donors (Lipinski definition) is 4. The van der Waals surface area contributed by atoms with Gasteiger partial charge in [0.25, 0.3) is 17.7 Å². The fraction of sp³-hybridized carbons (Fsp3) is 0.264. The van der Waals surface area contributed by atoms with Crippen LogP contribution in [0.2, 0.25) is 0 Å². The summed E-state index contributed by atoms with van der Waals surface area (Å²) in [5.41, 5.74) is 33.2. The molecule has 712 valence electrons. The molecule has 139 heavy (non-hydrogen) atoms. The summed E-state index contributed by atoms with van der Waals surface area (Å²) < 4.78 is 85.5. The zero-order chi connectivity index (χ0) is 99.0. The molecule has 19 rings (SSSR count). The molecule has 17 aromatic rings. The van der Waals surface area contributed by atoms with Gasteiger partial charge in [-0.25, -0.2) is 31.6 Å². The highest BCUT2D eigenvalue weighted by molar-refractivity contribution is 7.91. The number of carbonyl (C=O) groups excluding carboxylic acids is 4. The van der Waals surface area contributed by atoms with Crippen molar-refractivity contribution in [2.75, 3.05) is 50.5 Å². The number of amides is 3. The fourth-order valence-electron chi connectivity index (χ4n) is 17.1. The predicted octanol–water partition coefficient (Wildman–Crippen LogP) is 18.9. The number of imidazole rings is 1. The molecular weight excluding hydrogens is 1780 g/mol. The van der Waals surface area contributed by atoms with Gasteiger partial charge in [-0.3, -0.25) is 23.9 Å². The first-order chi connectivity index (χ1) is 66.7. The molecule has 0 saturated carbocycles.